The van der Waals surface area contributed by atoms with Gasteiger partial charge in [0.2, 0.25) is 5.91 Å². The van der Waals surface area contributed by atoms with E-state index in [1.165, 1.54) is 0 Å². The van der Waals surface area contributed by atoms with E-state index in [1.807, 2.05) is 36.2 Å². The highest BCUT2D eigenvalue weighted by Gasteiger charge is 2.22. The quantitative estimate of drug-likeness (QED) is 0.911. The molecule has 19 heavy (non-hydrogen) atoms. The van der Waals surface area contributed by atoms with E-state index in [1.54, 1.807) is 0 Å². The van der Waals surface area contributed by atoms with E-state index in [0.717, 1.165) is 36.0 Å². The van der Waals surface area contributed by atoms with Gasteiger partial charge in [-0.05, 0) is 37.6 Å². The highest BCUT2D eigenvalue weighted by molar-refractivity contribution is 9.10. The molecule has 1 aliphatic heterocycles. The van der Waals surface area contributed by atoms with E-state index in [4.69, 9.17) is 0 Å². The summed E-state index contributed by atoms with van der Waals surface area (Å²) in [6.45, 7) is 1.73. The molecule has 2 rings (SSSR count). The molecule has 0 aromatic heterocycles. The second kappa shape index (κ2) is 7.88. The van der Waals surface area contributed by atoms with Gasteiger partial charge in [-0.15, -0.1) is 12.4 Å². The van der Waals surface area contributed by atoms with Crippen molar-refractivity contribution in [3.05, 3.63) is 34.3 Å². The maximum atomic E-state index is 12.2. The molecule has 3 nitrogen and oxygen atoms in total. The topological polar surface area (TPSA) is 32.3 Å². The molecule has 1 amide bonds. The first-order chi connectivity index (χ1) is 8.69. The summed E-state index contributed by atoms with van der Waals surface area (Å²) in [6, 6.07) is 8.41. The van der Waals surface area contributed by atoms with E-state index in [9.17, 15) is 4.79 Å². The molecule has 1 fully saturated rings. The highest BCUT2D eigenvalue weighted by Crippen LogP contribution is 2.15. The maximum Gasteiger partial charge on any atom is 0.227 e. The second-order valence-corrected chi connectivity index (χ2v) is 5.69. The molecule has 1 heterocycles. The first kappa shape index (κ1) is 16.5. The average molecular weight is 348 g/mol. The molecule has 1 atom stereocenters. The Morgan fingerprint density at radius 2 is 2.32 bits per heavy atom. The van der Waals surface area contributed by atoms with Gasteiger partial charge in [-0.2, -0.15) is 0 Å². The number of likely N-dealkylation sites (N-methyl/N-ethyl adjacent to an activating group) is 1. The number of hydrogen-bond acceptors (Lipinski definition) is 2. The zero-order valence-corrected chi connectivity index (χ0v) is 13.5. The molecule has 106 valence electrons. The van der Waals surface area contributed by atoms with Crippen LogP contribution in [0.5, 0.6) is 0 Å². The van der Waals surface area contributed by atoms with Crippen molar-refractivity contribution in [3.63, 3.8) is 0 Å². The minimum atomic E-state index is 0. The predicted molar refractivity (Wildman–Crippen MR) is 83.8 cm³/mol. The van der Waals surface area contributed by atoms with Crippen LogP contribution in [0.2, 0.25) is 0 Å². The number of benzene rings is 1. The van der Waals surface area contributed by atoms with Crippen molar-refractivity contribution < 1.29 is 4.79 Å². The number of hydrogen-bond donors (Lipinski definition) is 1. The molecule has 0 spiro atoms. The summed E-state index contributed by atoms with van der Waals surface area (Å²) in [6.07, 6.45) is 2.75. The Kier molecular flexibility index (Phi) is 6.83. The molecule has 1 saturated heterocycles. The summed E-state index contributed by atoms with van der Waals surface area (Å²) >= 11 is 3.43. The van der Waals surface area contributed by atoms with Crippen LogP contribution in [0.25, 0.3) is 0 Å². The number of nitrogens with zero attached hydrogens (tertiary/aromatic N) is 1. The van der Waals surface area contributed by atoms with Gasteiger partial charge in [-0.1, -0.05) is 28.1 Å². The molecule has 0 bridgehead atoms. The first-order valence-electron chi connectivity index (χ1n) is 6.38. The monoisotopic (exact) mass is 346 g/mol. The van der Waals surface area contributed by atoms with Crippen LogP contribution >= 0.6 is 28.3 Å². The maximum absolute atomic E-state index is 12.2. The molecule has 5 heteroatoms. The van der Waals surface area contributed by atoms with E-state index in [2.05, 4.69) is 21.2 Å². The van der Waals surface area contributed by atoms with Crippen LogP contribution in [-0.4, -0.2) is 37.0 Å². The minimum absolute atomic E-state index is 0. The smallest absolute Gasteiger partial charge is 0.227 e. The predicted octanol–water partition coefficient (Wildman–Crippen LogP) is 2.62. The lowest BCUT2D eigenvalue weighted by molar-refractivity contribution is -0.131. The van der Waals surface area contributed by atoms with Gasteiger partial charge in [-0.3, -0.25) is 4.79 Å². The van der Waals surface area contributed by atoms with Crippen molar-refractivity contribution in [2.24, 2.45) is 0 Å². The van der Waals surface area contributed by atoms with Gasteiger partial charge in [0.05, 0.1) is 6.42 Å². The van der Waals surface area contributed by atoms with Crippen molar-refractivity contribution >= 4 is 34.2 Å². The molecule has 0 saturated carbocycles. The summed E-state index contributed by atoms with van der Waals surface area (Å²) in [7, 11) is 1.97. The Labute approximate surface area is 129 Å². The molecule has 1 aliphatic rings. The molecule has 0 aliphatic carbocycles. The molecule has 1 aromatic carbocycles. The van der Waals surface area contributed by atoms with Crippen LogP contribution in [0.3, 0.4) is 0 Å². The van der Waals surface area contributed by atoms with Crippen LogP contribution in [-0.2, 0) is 11.2 Å². The third kappa shape index (κ3) is 4.79. The fourth-order valence-corrected chi connectivity index (χ4v) is 2.82. The van der Waals surface area contributed by atoms with Crippen molar-refractivity contribution in [2.75, 3.05) is 20.1 Å². The number of carbonyl (C=O) groups is 1. The number of rotatable bonds is 3. The number of piperidine rings is 1. The minimum Gasteiger partial charge on any atom is -0.341 e. The fraction of sp³-hybridized carbons (Fsp3) is 0.500. The Morgan fingerprint density at radius 1 is 1.53 bits per heavy atom. The number of carbonyl (C=O) groups excluding carboxylic acids is 1. The number of amides is 1. The fourth-order valence-electron chi connectivity index (χ4n) is 2.37. The summed E-state index contributed by atoms with van der Waals surface area (Å²) < 4.78 is 1.03. The molecule has 1 unspecified atom stereocenters. The number of nitrogens with one attached hydrogen (secondary N) is 1. The highest BCUT2D eigenvalue weighted by atomic mass is 79.9. The summed E-state index contributed by atoms with van der Waals surface area (Å²) in [4.78, 5) is 14.2. The van der Waals surface area contributed by atoms with Gasteiger partial charge < -0.3 is 10.2 Å². The van der Waals surface area contributed by atoms with Crippen molar-refractivity contribution in [2.45, 2.75) is 25.3 Å². The Hall–Kier alpha value is -0.580. The van der Waals surface area contributed by atoms with Gasteiger partial charge in [0.15, 0.2) is 0 Å². The van der Waals surface area contributed by atoms with Gasteiger partial charge in [0.25, 0.3) is 0 Å². The van der Waals surface area contributed by atoms with Crippen molar-refractivity contribution in [1.29, 1.82) is 0 Å². The standard InChI is InChI=1S/C14H19BrN2O.ClH/c1-16-13-6-3-7-17(10-13)14(18)9-11-4-2-5-12(15)8-11;/h2,4-5,8,13,16H,3,6-7,9-10H2,1H3;1H. The zero-order chi connectivity index (χ0) is 13.0. The summed E-state index contributed by atoms with van der Waals surface area (Å²) in [5.74, 6) is 0.230. The van der Waals surface area contributed by atoms with Gasteiger partial charge in [0.1, 0.15) is 0 Å². The number of likely N-dealkylation sites (tertiary alicyclic amines) is 1. The Balaban J connectivity index is 0.00000180. The van der Waals surface area contributed by atoms with Crippen LogP contribution in [0.4, 0.5) is 0 Å². The molecular weight excluding hydrogens is 328 g/mol. The van der Waals surface area contributed by atoms with Gasteiger partial charge in [-0.25, -0.2) is 0 Å². The summed E-state index contributed by atoms with van der Waals surface area (Å²) in [5, 5.41) is 3.26. The summed E-state index contributed by atoms with van der Waals surface area (Å²) in [5.41, 5.74) is 1.07. The average Bonchev–Trinajstić information content (AvgIpc) is 2.39. The van der Waals surface area contributed by atoms with Gasteiger partial charge >= 0.3 is 0 Å². The third-order valence-corrected chi connectivity index (χ3v) is 3.92. The lowest BCUT2D eigenvalue weighted by Crippen LogP contribution is -2.47. The lowest BCUT2D eigenvalue weighted by atomic mass is 10.0. The van der Waals surface area contributed by atoms with Crippen molar-refractivity contribution in [3.8, 4) is 0 Å². The van der Waals surface area contributed by atoms with Crippen LogP contribution in [0.1, 0.15) is 18.4 Å². The number of halogens is 2. The third-order valence-electron chi connectivity index (χ3n) is 3.43. The van der Waals surface area contributed by atoms with E-state index < -0.39 is 0 Å². The first-order valence-corrected chi connectivity index (χ1v) is 7.18. The van der Waals surface area contributed by atoms with Crippen LogP contribution in [0.15, 0.2) is 28.7 Å². The van der Waals surface area contributed by atoms with E-state index >= 15 is 0 Å². The molecule has 1 aromatic rings. The van der Waals surface area contributed by atoms with Crippen molar-refractivity contribution in [1.82, 2.24) is 10.2 Å². The zero-order valence-electron chi connectivity index (χ0n) is 11.1. The SMILES string of the molecule is CNC1CCCN(C(=O)Cc2cccc(Br)c2)C1.Cl. The molecular formula is C14H20BrClN2O. The molecule has 0 radical (unpaired) electrons. The molecule has 1 N–H and O–H groups in total. The Morgan fingerprint density at radius 3 is 3.00 bits per heavy atom. The normalized spacial score (nSPS) is 18.8. The van der Waals surface area contributed by atoms with E-state index in [-0.39, 0.29) is 18.3 Å². The van der Waals surface area contributed by atoms with E-state index in [0.29, 0.717) is 12.5 Å². The van der Waals surface area contributed by atoms with Crippen LogP contribution in [0, 0.1) is 0 Å². The second-order valence-electron chi connectivity index (χ2n) is 4.77. The largest absolute Gasteiger partial charge is 0.341 e. The van der Waals surface area contributed by atoms with Crippen LogP contribution < -0.4 is 5.32 Å². The Bertz CT molecular complexity index is 428. The van der Waals surface area contributed by atoms with Gasteiger partial charge in [0, 0.05) is 23.6 Å². The lowest BCUT2D eigenvalue weighted by Gasteiger charge is -2.32.